The highest BCUT2D eigenvalue weighted by molar-refractivity contribution is 5.68. The molecule has 0 saturated heterocycles. The Balaban J connectivity index is 2.45. The first-order chi connectivity index (χ1) is 7.22. The highest BCUT2D eigenvalue weighted by atomic mass is 16.5. The second kappa shape index (κ2) is 3.77. The van der Waals surface area contributed by atoms with Crippen LogP contribution in [0.4, 0.5) is 0 Å². The molecule has 0 unspecified atom stereocenters. The van der Waals surface area contributed by atoms with E-state index in [4.69, 9.17) is 9.26 Å². The van der Waals surface area contributed by atoms with Crippen LogP contribution in [0.5, 0.6) is 5.75 Å². The van der Waals surface area contributed by atoms with Crippen molar-refractivity contribution >= 4 is 0 Å². The minimum absolute atomic E-state index is 0.845. The van der Waals surface area contributed by atoms with E-state index >= 15 is 0 Å². The molecule has 3 heteroatoms. The van der Waals surface area contributed by atoms with Gasteiger partial charge in [-0.15, -0.1) is 0 Å². The van der Waals surface area contributed by atoms with E-state index in [1.807, 2.05) is 38.1 Å². The van der Waals surface area contributed by atoms with Crippen molar-refractivity contribution in [3.05, 3.63) is 35.7 Å². The Morgan fingerprint density at radius 2 is 1.80 bits per heavy atom. The lowest BCUT2D eigenvalue weighted by atomic mass is 10.0. The Morgan fingerprint density at radius 1 is 1.13 bits per heavy atom. The molecule has 2 rings (SSSR count). The van der Waals surface area contributed by atoms with Crippen LogP contribution in [-0.4, -0.2) is 12.3 Å². The van der Waals surface area contributed by atoms with E-state index in [1.165, 1.54) is 0 Å². The minimum Gasteiger partial charge on any atom is -0.497 e. The van der Waals surface area contributed by atoms with E-state index in [0.717, 1.165) is 28.3 Å². The third-order valence-electron chi connectivity index (χ3n) is 2.41. The Labute approximate surface area is 88.7 Å². The van der Waals surface area contributed by atoms with Crippen LogP contribution in [0.15, 0.2) is 28.8 Å². The topological polar surface area (TPSA) is 35.3 Å². The van der Waals surface area contributed by atoms with Gasteiger partial charge in [0.05, 0.1) is 12.8 Å². The first kappa shape index (κ1) is 9.77. The Morgan fingerprint density at radius 3 is 2.27 bits per heavy atom. The fraction of sp³-hybridized carbons (Fsp3) is 0.250. The molecular formula is C12H13NO2. The molecule has 2 aromatic rings. The monoisotopic (exact) mass is 203 g/mol. The molecule has 0 bridgehead atoms. The van der Waals surface area contributed by atoms with Gasteiger partial charge in [0.15, 0.2) is 0 Å². The Kier molecular flexibility index (Phi) is 2.46. The summed E-state index contributed by atoms with van der Waals surface area (Å²) in [6.45, 7) is 3.86. The highest BCUT2D eigenvalue weighted by Gasteiger charge is 2.10. The van der Waals surface area contributed by atoms with Gasteiger partial charge < -0.3 is 9.26 Å². The maximum atomic E-state index is 5.13. The maximum Gasteiger partial charge on any atom is 0.141 e. The molecule has 0 spiro atoms. The molecule has 0 aliphatic heterocycles. The first-order valence-corrected chi connectivity index (χ1v) is 4.79. The van der Waals surface area contributed by atoms with Crippen LogP contribution in [0.25, 0.3) is 11.1 Å². The smallest absolute Gasteiger partial charge is 0.141 e. The standard InChI is InChI=1S/C12H13NO2/c1-8-12(9(2)15-13-8)10-4-6-11(14-3)7-5-10/h4-7H,1-3H3. The van der Waals surface area contributed by atoms with E-state index in [9.17, 15) is 0 Å². The largest absolute Gasteiger partial charge is 0.497 e. The van der Waals surface area contributed by atoms with Gasteiger partial charge in [0.2, 0.25) is 0 Å². The van der Waals surface area contributed by atoms with E-state index in [0.29, 0.717) is 0 Å². The number of aryl methyl sites for hydroxylation is 2. The van der Waals surface area contributed by atoms with Crippen molar-refractivity contribution in [1.29, 1.82) is 0 Å². The molecule has 15 heavy (non-hydrogen) atoms. The normalized spacial score (nSPS) is 10.3. The summed E-state index contributed by atoms with van der Waals surface area (Å²) in [5.74, 6) is 1.70. The summed E-state index contributed by atoms with van der Waals surface area (Å²) in [6, 6.07) is 7.87. The number of hydrogen-bond donors (Lipinski definition) is 0. The summed E-state index contributed by atoms with van der Waals surface area (Å²) in [6.07, 6.45) is 0. The quantitative estimate of drug-likeness (QED) is 0.752. The van der Waals surface area contributed by atoms with Crippen molar-refractivity contribution in [3.63, 3.8) is 0 Å². The summed E-state index contributed by atoms with van der Waals surface area (Å²) >= 11 is 0. The zero-order chi connectivity index (χ0) is 10.8. The van der Waals surface area contributed by atoms with Crippen molar-refractivity contribution in [1.82, 2.24) is 5.16 Å². The number of ether oxygens (including phenoxy) is 1. The molecule has 1 aromatic heterocycles. The van der Waals surface area contributed by atoms with Gasteiger partial charge in [-0.3, -0.25) is 0 Å². The summed E-state index contributed by atoms with van der Waals surface area (Å²) in [5.41, 5.74) is 3.09. The second-order valence-electron chi connectivity index (χ2n) is 3.43. The average Bonchev–Trinajstić information content (AvgIpc) is 2.59. The summed E-state index contributed by atoms with van der Waals surface area (Å²) in [5, 5.41) is 3.93. The van der Waals surface area contributed by atoms with Crippen LogP contribution in [0, 0.1) is 13.8 Å². The Hall–Kier alpha value is -1.77. The minimum atomic E-state index is 0.845. The zero-order valence-electron chi connectivity index (χ0n) is 9.07. The lowest BCUT2D eigenvalue weighted by Gasteiger charge is -2.02. The van der Waals surface area contributed by atoms with Gasteiger partial charge >= 0.3 is 0 Å². The van der Waals surface area contributed by atoms with Crippen molar-refractivity contribution in [2.75, 3.05) is 7.11 Å². The molecular weight excluding hydrogens is 190 g/mol. The molecule has 0 aliphatic carbocycles. The third-order valence-corrected chi connectivity index (χ3v) is 2.41. The van der Waals surface area contributed by atoms with E-state index in [1.54, 1.807) is 7.11 Å². The molecule has 1 aromatic carbocycles. The molecule has 0 aliphatic rings. The van der Waals surface area contributed by atoms with Crippen molar-refractivity contribution < 1.29 is 9.26 Å². The summed E-state index contributed by atoms with van der Waals surface area (Å²) in [7, 11) is 1.66. The highest BCUT2D eigenvalue weighted by Crippen LogP contribution is 2.27. The van der Waals surface area contributed by atoms with Gasteiger partial charge in [-0.2, -0.15) is 0 Å². The molecule has 0 amide bonds. The number of methoxy groups -OCH3 is 1. The molecule has 78 valence electrons. The number of aromatic nitrogens is 1. The summed E-state index contributed by atoms with van der Waals surface area (Å²) in [4.78, 5) is 0. The van der Waals surface area contributed by atoms with Crippen LogP contribution in [-0.2, 0) is 0 Å². The first-order valence-electron chi connectivity index (χ1n) is 4.79. The van der Waals surface area contributed by atoms with Gasteiger partial charge in [-0.1, -0.05) is 17.3 Å². The molecule has 0 saturated carbocycles. The van der Waals surface area contributed by atoms with Crippen LogP contribution in [0.2, 0.25) is 0 Å². The average molecular weight is 203 g/mol. The number of nitrogens with zero attached hydrogens (tertiary/aromatic N) is 1. The lowest BCUT2D eigenvalue weighted by molar-refractivity contribution is 0.393. The molecule has 0 radical (unpaired) electrons. The van der Waals surface area contributed by atoms with Gasteiger partial charge in [0.25, 0.3) is 0 Å². The van der Waals surface area contributed by atoms with Crippen molar-refractivity contribution in [2.24, 2.45) is 0 Å². The SMILES string of the molecule is COc1ccc(-c2c(C)noc2C)cc1. The van der Waals surface area contributed by atoms with E-state index in [-0.39, 0.29) is 0 Å². The fourth-order valence-electron chi connectivity index (χ4n) is 1.65. The molecule has 0 fully saturated rings. The molecule has 1 heterocycles. The number of rotatable bonds is 2. The predicted molar refractivity (Wildman–Crippen MR) is 58.0 cm³/mol. The third kappa shape index (κ3) is 1.73. The van der Waals surface area contributed by atoms with Crippen molar-refractivity contribution in [2.45, 2.75) is 13.8 Å². The molecule has 0 N–H and O–H groups in total. The van der Waals surface area contributed by atoms with Crippen LogP contribution in [0.3, 0.4) is 0 Å². The lowest BCUT2D eigenvalue weighted by Crippen LogP contribution is -1.84. The second-order valence-corrected chi connectivity index (χ2v) is 3.43. The van der Waals surface area contributed by atoms with E-state index < -0.39 is 0 Å². The Bertz CT molecular complexity index is 437. The molecule has 3 nitrogen and oxygen atoms in total. The van der Waals surface area contributed by atoms with E-state index in [2.05, 4.69) is 5.16 Å². The zero-order valence-corrected chi connectivity index (χ0v) is 9.07. The predicted octanol–water partition coefficient (Wildman–Crippen LogP) is 2.97. The van der Waals surface area contributed by atoms with Gasteiger partial charge in [0, 0.05) is 5.56 Å². The summed E-state index contributed by atoms with van der Waals surface area (Å²) < 4.78 is 10.2. The maximum absolute atomic E-state index is 5.13. The van der Waals surface area contributed by atoms with Crippen LogP contribution >= 0.6 is 0 Å². The van der Waals surface area contributed by atoms with Gasteiger partial charge in [-0.05, 0) is 31.5 Å². The van der Waals surface area contributed by atoms with Crippen LogP contribution < -0.4 is 4.74 Å². The van der Waals surface area contributed by atoms with Gasteiger partial charge in [0.1, 0.15) is 11.5 Å². The van der Waals surface area contributed by atoms with Crippen molar-refractivity contribution in [3.8, 4) is 16.9 Å². The molecule has 0 atom stereocenters. The van der Waals surface area contributed by atoms with Crippen LogP contribution in [0.1, 0.15) is 11.5 Å². The number of benzene rings is 1. The van der Waals surface area contributed by atoms with Gasteiger partial charge in [-0.25, -0.2) is 0 Å². The number of hydrogen-bond acceptors (Lipinski definition) is 3. The fourth-order valence-corrected chi connectivity index (χ4v) is 1.65.